The van der Waals surface area contributed by atoms with Crippen LogP contribution in [0.1, 0.15) is 48.6 Å². The fraction of sp³-hybridized carbons (Fsp3) is 0.579. The highest BCUT2D eigenvalue weighted by Gasteiger charge is 2.42. The number of hydrogen-bond donors (Lipinski definition) is 1. The van der Waals surface area contributed by atoms with Crippen molar-refractivity contribution in [3.63, 3.8) is 0 Å². The summed E-state index contributed by atoms with van der Waals surface area (Å²) in [5, 5.41) is 17.2. The Hall–Kier alpha value is -1.88. The molecule has 3 heterocycles. The summed E-state index contributed by atoms with van der Waals surface area (Å²) in [5.74, 6) is 0.0880. The molecule has 1 aromatic heterocycles. The Bertz CT molecular complexity index is 972. The van der Waals surface area contributed by atoms with Gasteiger partial charge in [0.15, 0.2) is 0 Å². The first kappa shape index (κ1) is 20.4. The van der Waals surface area contributed by atoms with Crippen LogP contribution in [0.15, 0.2) is 22.6 Å². The van der Waals surface area contributed by atoms with Crippen LogP contribution in [-0.2, 0) is 33.3 Å². The van der Waals surface area contributed by atoms with E-state index in [-0.39, 0.29) is 24.8 Å². The van der Waals surface area contributed by atoms with Gasteiger partial charge in [0.1, 0.15) is 12.4 Å². The average molecular weight is 425 g/mol. The van der Waals surface area contributed by atoms with Crippen LogP contribution in [0.5, 0.6) is 0 Å². The lowest BCUT2D eigenvalue weighted by molar-refractivity contribution is 0.0534. The molecule has 0 atom stereocenters. The van der Waals surface area contributed by atoms with E-state index in [1.807, 2.05) is 0 Å². The average Bonchev–Trinajstić information content (AvgIpc) is 3.21. The minimum atomic E-state index is -3.33. The molecule has 4 rings (SSSR count). The Morgan fingerprint density at radius 2 is 2.00 bits per heavy atom. The topological polar surface area (TPSA) is 106 Å². The summed E-state index contributed by atoms with van der Waals surface area (Å²) in [6.45, 7) is 1.01. The Labute approximate surface area is 168 Å². The Kier molecular flexibility index (Phi) is 5.69. The lowest BCUT2D eigenvalue weighted by Crippen LogP contribution is -2.37. The van der Waals surface area contributed by atoms with Gasteiger partial charge in [-0.1, -0.05) is 12.1 Å². The standard InChI is InChI=1S/C19H24FN3O5S/c20-16-11-15(4-3-14(16)12-23-7-1-2-10-29(23,25)26)19(5-8-27-9-6-19)18-22-21-17(13-24)28-18/h3-4,11,24H,1-2,5-10,12-13H2. The van der Waals surface area contributed by atoms with Crippen LogP contribution in [-0.4, -0.2) is 53.5 Å². The first-order valence-electron chi connectivity index (χ1n) is 9.73. The summed E-state index contributed by atoms with van der Waals surface area (Å²) < 4.78 is 51.9. The predicted octanol–water partition coefficient (Wildman–Crippen LogP) is 1.72. The molecule has 0 bridgehead atoms. The van der Waals surface area contributed by atoms with Crippen molar-refractivity contribution < 1.29 is 27.1 Å². The van der Waals surface area contributed by atoms with Gasteiger partial charge in [0.05, 0.1) is 11.2 Å². The summed E-state index contributed by atoms with van der Waals surface area (Å²) in [7, 11) is -3.33. The number of benzene rings is 1. The largest absolute Gasteiger partial charge is 0.422 e. The molecule has 10 heteroatoms. The van der Waals surface area contributed by atoms with Crippen LogP contribution in [0.3, 0.4) is 0 Å². The maximum atomic E-state index is 15.0. The van der Waals surface area contributed by atoms with Crippen LogP contribution in [0.25, 0.3) is 0 Å². The van der Waals surface area contributed by atoms with Gasteiger partial charge >= 0.3 is 0 Å². The van der Waals surface area contributed by atoms with E-state index in [4.69, 9.17) is 9.15 Å². The maximum absolute atomic E-state index is 15.0. The third-order valence-corrected chi connectivity index (χ3v) is 7.67. The molecule has 2 aromatic rings. The zero-order valence-electron chi connectivity index (χ0n) is 16.0. The fourth-order valence-corrected chi connectivity index (χ4v) is 5.61. The number of rotatable bonds is 5. The second-order valence-corrected chi connectivity index (χ2v) is 9.60. The lowest BCUT2D eigenvalue weighted by atomic mass is 9.74. The second kappa shape index (κ2) is 8.10. The molecule has 1 aromatic carbocycles. The van der Waals surface area contributed by atoms with E-state index in [0.29, 0.717) is 56.0 Å². The number of aliphatic hydroxyl groups excluding tert-OH is 1. The zero-order chi connectivity index (χ0) is 20.5. The number of hydrogen-bond acceptors (Lipinski definition) is 7. The van der Waals surface area contributed by atoms with E-state index in [2.05, 4.69) is 10.2 Å². The number of ether oxygens (including phenoxy) is 1. The van der Waals surface area contributed by atoms with Crippen LogP contribution < -0.4 is 0 Å². The monoisotopic (exact) mass is 425 g/mol. The minimum absolute atomic E-state index is 0.0276. The number of nitrogens with zero attached hydrogens (tertiary/aromatic N) is 3. The van der Waals surface area contributed by atoms with Crippen molar-refractivity contribution in [3.8, 4) is 0 Å². The second-order valence-electron chi connectivity index (χ2n) is 7.52. The SMILES string of the molecule is O=S1(=O)CCCCN1Cc1ccc(C2(c3nnc(CO)o3)CCOCC2)cc1F. The third-order valence-electron chi connectivity index (χ3n) is 5.76. The molecule has 0 unspecified atom stereocenters. The molecule has 158 valence electrons. The van der Waals surface area contributed by atoms with Crippen molar-refractivity contribution in [2.45, 2.75) is 44.2 Å². The quantitative estimate of drug-likeness (QED) is 0.777. The van der Waals surface area contributed by atoms with Crippen LogP contribution in [0.4, 0.5) is 4.39 Å². The molecule has 0 aliphatic carbocycles. The van der Waals surface area contributed by atoms with E-state index >= 15 is 4.39 Å². The molecular weight excluding hydrogens is 401 g/mol. The van der Waals surface area contributed by atoms with E-state index < -0.39 is 21.3 Å². The molecule has 1 N–H and O–H groups in total. The van der Waals surface area contributed by atoms with Gasteiger partial charge in [0.25, 0.3) is 0 Å². The molecule has 8 nitrogen and oxygen atoms in total. The van der Waals surface area contributed by atoms with Gasteiger partial charge in [-0.3, -0.25) is 0 Å². The molecule has 2 fully saturated rings. The van der Waals surface area contributed by atoms with Gasteiger partial charge in [-0.15, -0.1) is 10.2 Å². The molecule has 2 saturated heterocycles. The number of aliphatic hydroxyl groups is 1. The minimum Gasteiger partial charge on any atom is -0.422 e. The third kappa shape index (κ3) is 3.94. The van der Waals surface area contributed by atoms with E-state index in [0.717, 1.165) is 6.42 Å². The molecule has 29 heavy (non-hydrogen) atoms. The predicted molar refractivity (Wildman–Crippen MR) is 101 cm³/mol. The van der Waals surface area contributed by atoms with Crippen LogP contribution >= 0.6 is 0 Å². The Morgan fingerprint density at radius 1 is 1.21 bits per heavy atom. The highest BCUT2D eigenvalue weighted by molar-refractivity contribution is 7.89. The van der Waals surface area contributed by atoms with E-state index in [9.17, 15) is 13.5 Å². The van der Waals surface area contributed by atoms with Crippen LogP contribution in [0.2, 0.25) is 0 Å². The molecule has 0 saturated carbocycles. The number of halogens is 1. The van der Waals surface area contributed by atoms with Crippen molar-refractivity contribution in [2.24, 2.45) is 0 Å². The normalized spacial score (nSPS) is 21.9. The van der Waals surface area contributed by atoms with Crippen molar-refractivity contribution in [3.05, 3.63) is 46.9 Å². The molecule has 0 amide bonds. The molecule has 2 aliphatic rings. The van der Waals surface area contributed by atoms with E-state index in [1.165, 1.54) is 10.4 Å². The molecule has 0 spiro atoms. The Morgan fingerprint density at radius 3 is 2.66 bits per heavy atom. The van der Waals surface area contributed by atoms with Gasteiger partial charge in [0.2, 0.25) is 21.8 Å². The molecule has 0 radical (unpaired) electrons. The van der Waals surface area contributed by atoms with Gasteiger partial charge in [-0.25, -0.2) is 12.8 Å². The van der Waals surface area contributed by atoms with Gasteiger partial charge in [-0.2, -0.15) is 4.31 Å². The Balaban J connectivity index is 1.65. The van der Waals surface area contributed by atoms with Crippen molar-refractivity contribution >= 4 is 10.0 Å². The van der Waals surface area contributed by atoms with Crippen LogP contribution in [0, 0.1) is 5.82 Å². The van der Waals surface area contributed by atoms with Crippen molar-refractivity contribution in [1.29, 1.82) is 0 Å². The summed E-state index contributed by atoms with van der Waals surface area (Å²) in [6.07, 6.45) is 2.51. The van der Waals surface area contributed by atoms with E-state index in [1.54, 1.807) is 12.1 Å². The lowest BCUT2D eigenvalue weighted by Gasteiger charge is -2.34. The van der Waals surface area contributed by atoms with Crippen molar-refractivity contribution in [1.82, 2.24) is 14.5 Å². The first-order chi connectivity index (χ1) is 13.9. The summed E-state index contributed by atoms with van der Waals surface area (Å²) in [5.41, 5.74) is 0.314. The van der Waals surface area contributed by atoms with Crippen molar-refractivity contribution in [2.75, 3.05) is 25.5 Å². The molecular formula is C19H24FN3O5S. The fourth-order valence-electron chi connectivity index (χ4n) is 4.04. The first-order valence-corrected chi connectivity index (χ1v) is 11.3. The summed E-state index contributed by atoms with van der Waals surface area (Å²) in [6, 6.07) is 4.86. The number of aromatic nitrogens is 2. The molecule has 2 aliphatic heterocycles. The smallest absolute Gasteiger partial charge is 0.241 e. The van der Waals surface area contributed by atoms with Gasteiger partial charge in [-0.05, 0) is 37.3 Å². The van der Waals surface area contributed by atoms with Gasteiger partial charge < -0.3 is 14.3 Å². The number of sulfonamides is 1. The van der Waals surface area contributed by atoms with Gasteiger partial charge in [0, 0.05) is 31.9 Å². The highest BCUT2D eigenvalue weighted by Crippen LogP contribution is 2.41. The summed E-state index contributed by atoms with van der Waals surface area (Å²) in [4.78, 5) is 0. The summed E-state index contributed by atoms with van der Waals surface area (Å²) >= 11 is 0. The highest BCUT2D eigenvalue weighted by atomic mass is 32.2. The maximum Gasteiger partial charge on any atom is 0.241 e. The zero-order valence-corrected chi connectivity index (χ0v) is 16.8.